The highest BCUT2D eigenvalue weighted by Crippen LogP contribution is 2.41. The Hall–Kier alpha value is -1.92. The summed E-state index contributed by atoms with van der Waals surface area (Å²) in [5.74, 6) is 0.134. The van der Waals surface area contributed by atoms with E-state index in [9.17, 15) is 9.90 Å². The molecule has 6 heteroatoms. The molecule has 4 rings (SSSR count). The maximum absolute atomic E-state index is 11.4. The van der Waals surface area contributed by atoms with Crippen molar-refractivity contribution < 1.29 is 14.6 Å². The van der Waals surface area contributed by atoms with Crippen LogP contribution >= 0.6 is 0 Å². The zero-order chi connectivity index (χ0) is 16.7. The standard InChI is InChI=1S/C18H23N3O3/c1-2-21-14-7-4-3-6-13(14)19-16(21)11-20-10-15(17(22)23)24-12-18(20)8-5-9-18/h3-4,6-7,15H,2,5,8-12H2,1H3,(H,22,23). The van der Waals surface area contributed by atoms with E-state index in [0.29, 0.717) is 19.7 Å². The van der Waals surface area contributed by atoms with Crippen molar-refractivity contribution in [3.05, 3.63) is 30.1 Å². The molecule has 0 amide bonds. The lowest BCUT2D eigenvalue weighted by molar-refractivity contribution is -0.178. The number of aryl methyl sites for hydroxylation is 1. The molecule has 0 bridgehead atoms. The number of carbonyl (C=O) groups is 1. The lowest BCUT2D eigenvalue weighted by Crippen LogP contribution is -2.63. The molecule has 24 heavy (non-hydrogen) atoms. The Morgan fingerprint density at radius 1 is 1.42 bits per heavy atom. The molecule has 2 aromatic rings. The molecule has 2 fully saturated rings. The highest BCUT2D eigenvalue weighted by molar-refractivity contribution is 5.76. The fourth-order valence-electron chi connectivity index (χ4n) is 3.99. The Morgan fingerprint density at radius 2 is 2.21 bits per heavy atom. The van der Waals surface area contributed by atoms with Crippen LogP contribution in [0.4, 0.5) is 0 Å². The van der Waals surface area contributed by atoms with E-state index in [1.54, 1.807) is 0 Å². The van der Waals surface area contributed by atoms with Crippen LogP contribution in [0.5, 0.6) is 0 Å². The van der Waals surface area contributed by atoms with Gasteiger partial charge in [-0.2, -0.15) is 0 Å². The molecule has 1 spiro atoms. The second kappa shape index (κ2) is 5.86. The Morgan fingerprint density at radius 3 is 2.88 bits per heavy atom. The number of rotatable bonds is 4. The van der Waals surface area contributed by atoms with E-state index in [1.807, 2.05) is 18.2 Å². The number of imidazole rings is 1. The largest absolute Gasteiger partial charge is 0.479 e. The maximum Gasteiger partial charge on any atom is 0.334 e. The number of benzene rings is 1. The SMILES string of the molecule is CCn1c(CN2CC(C(=O)O)OCC23CCC3)nc2ccccc21. The predicted octanol–water partition coefficient (Wildman–Crippen LogP) is 2.26. The van der Waals surface area contributed by atoms with Gasteiger partial charge in [-0.05, 0) is 38.3 Å². The summed E-state index contributed by atoms with van der Waals surface area (Å²) in [6, 6.07) is 8.15. The average Bonchev–Trinajstić information content (AvgIpc) is 2.90. The molecule has 1 saturated heterocycles. The number of nitrogens with zero attached hydrogens (tertiary/aromatic N) is 3. The van der Waals surface area contributed by atoms with Crippen LogP contribution in [0, 0.1) is 0 Å². The summed E-state index contributed by atoms with van der Waals surface area (Å²) in [4.78, 5) is 18.5. The lowest BCUT2D eigenvalue weighted by Gasteiger charge is -2.53. The fraction of sp³-hybridized carbons (Fsp3) is 0.556. The highest BCUT2D eigenvalue weighted by Gasteiger charge is 2.48. The second-order valence-electron chi connectivity index (χ2n) is 6.86. The molecular formula is C18H23N3O3. The van der Waals surface area contributed by atoms with Gasteiger partial charge in [-0.15, -0.1) is 0 Å². The van der Waals surface area contributed by atoms with Crippen LogP contribution in [-0.2, 0) is 22.6 Å². The van der Waals surface area contributed by atoms with Gasteiger partial charge in [0, 0.05) is 18.6 Å². The monoisotopic (exact) mass is 329 g/mol. The minimum Gasteiger partial charge on any atom is -0.479 e. The molecule has 2 heterocycles. The smallest absolute Gasteiger partial charge is 0.334 e. The van der Waals surface area contributed by atoms with E-state index in [0.717, 1.165) is 36.2 Å². The summed E-state index contributed by atoms with van der Waals surface area (Å²) in [6.07, 6.45) is 2.59. The molecule has 1 aromatic carbocycles. The summed E-state index contributed by atoms with van der Waals surface area (Å²) in [5.41, 5.74) is 2.14. The number of aromatic nitrogens is 2. The van der Waals surface area contributed by atoms with E-state index in [-0.39, 0.29) is 5.54 Å². The first-order chi connectivity index (χ1) is 11.6. The zero-order valence-corrected chi connectivity index (χ0v) is 13.9. The molecule has 0 radical (unpaired) electrons. The van der Waals surface area contributed by atoms with Crippen molar-refractivity contribution in [1.29, 1.82) is 0 Å². The highest BCUT2D eigenvalue weighted by atomic mass is 16.5. The predicted molar refractivity (Wildman–Crippen MR) is 89.8 cm³/mol. The van der Waals surface area contributed by atoms with Crippen molar-refractivity contribution in [2.45, 2.75) is 50.9 Å². The van der Waals surface area contributed by atoms with Crippen molar-refractivity contribution in [3.63, 3.8) is 0 Å². The minimum absolute atomic E-state index is 0.00263. The normalized spacial score (nSPS) is 23.5. The number of hydrogen-bond acceptors (Lipinski definition) is 4. The van der Waals surface area contributed by atoms with E-state index < -0.39 is 12.1 Å². The summed E-state index contributed by atoms with van der Waals surface area (Å²) >= 11 is 0. The first kappa shape index (κ1) is 15.6. The quantitative estimate of drug-likeness (QED) is 0.932. The van der Waals surface area contributed by atoms with Crippen LogP contribution in [0.2, 0.25) is 0 Å². The summed E-state index contributed by atoms with van der Waals surface area (Å²) in [6.45, 7) is 4.60. The molecule has 1 saturated carbocycles. The Bertz CT molecular complexity index is 766. The number of carboxylic acid groups (broad SMARTS) is 1. The molecule has 6 nitrogen and oxygen atoms in total. The van der Waals surface area contributed by atoms with Crippen molar-refractivity contribution in [1.82, 2.24) is 14.5 Å². The van der Waals surface area contributed by atoms with Crippen molar-refractivity contribution in [3.8, 4) is 0 Å². The number of carboxylic acids is 1. The minimum atomic E-state index is -0.877. The summed E-state index contributed by atoms with van der Waals surface area (Å²) < 4.78 is 7.84. The summed E-state index contributed by atoms with van der Waals surface area (Å²) in [7, 11) is 0. The van der Waals surface area contributed by atoms with Crippen LogP contribution in [0.25, 0.3) is 11.0 Å². The lowest BCUT2D eigenvalue weighted by atomic mass is 9.75. The van der Waals surface area contributed by atoms with Gasteiger partial charge in [0.25, 0.3) is 0 Å². The number of ether oxygens (including phenoxy) is 1. The zero-order valence-electron chi connectivity index (χ0n) is 13.9. The van der Waals surface area contributed by atoms with Crippen LogP contribution < -0.4 is 0 Å². The molecule has 1 aliphatic carbocycles. The Kier molecular flexibility index (Phi) is 3.81. The number of aliphatic carboxylic acids is 1. The van der Waals surface area contributed by atoms with E-state index >= 15 is 0 Å². The van der Waals surface area contributed by atoms with Gasteiger partial charge in [-0.3, -0.25) is 4.90 Å². The Balaban J connectivity index is 1.66. The van der Waals surface area contributed by atoms with Crippen molar-refractivity contribution in [2.75, 3.05) is 13.2 Å². The second-order valence-corrected chi connectivity index (χ2v) is 6.86. The maximum atomic E-state index is 11.4. The number of hydrogen-bond donors (Lipinski definition) is 1. The number of fused-ring (bicyclic) bond motifs is 1. The van der Waals surface area contributed by atoms with E-state index in [4.69, 9.17) is 9.72 Å². The third-order valence-corrected chi connectivity index (χ3v) is 5.55. The molecule has 1 aromatic heterocycles. The van der Waals surface area contributed by atoms with Gasteiger partial charge in [0.2, 0.25) is 0 Å². The molecule has 1 aliphatic heterocycles. The Labute approximate surface area is 141 Å². The van der Waals surface area contributed by atoms with Gasteiger partial charge in [0.15, 0.2) is 6.10 Å². The molecule has 2 aliphatic rings. The first-order valence-corrected chi connectivity index (χ1v) is 8.66. The van der Waals surface area contributed by atoms with Crippen LogP contribution in [0.1, 0.15) is 32.0 Å². The van der Waals surface area contributed by atoms with Gasteiger partial charge in [-0.1, -0.05) is 12.1 Å². The third kappa shape index (κ3) is 2.41. The summed E-state index contributed by atoms with van der Waals surface area (Å²) in [5, 5.41) is 9.33. The topological polar surface area (TPSA) is 67.6 Å². The van der Waals surface area contributed by atoms with Crippen molar-refractivity contribution in [2.24, 2.45) is 0 Å². The number of para-hydroxylation sites is 2. The van der Waals surface area contributed by atoms with Gasteiger partial charge in [0.1, 0.15) is 5.82 Å². The number of morpholine rings is 1. The van der Waals surface area contributed by atoms with Crippen LogP contribution in [0.3, 0.4) is 0 Å². The van der Waals surface area contributed by atoms with Crippen molar-refractivity contribution >= 4 is 17.0 Å². The molecule has 128 valence electrons. The molecule has 1 atom stereocenters. The van der Waals surface area contributed by atoms with E-state index in [1.165, 1.54) is 6.42 Å². The van der Waals surface area contributed by atoms with Gasteiger partial charge >= 0.3 is 5.97 Å². The first-order valence-electron chi connectivity index (χ1n) is 8.66. The van der Waals surface area contributed by atoms with Gasteiger partial charge < -0.3 is 14.4 Å². The van der Waals surface area contributed by atoms with Crippen LogP contribution in [0.15, 0.2) is 24.3 Å². The molecule has 1 unspecified atom stereocenters. The van der Waals surface area contributed by atoms with E-state index in [2.05, 4.69) is 22.5 Å². The van der Waals surface area contributed by atoms with Crippen LogP contribution in [-0.4, -0.2) is 50.3 Å². The van der Waals surface area contributed by atoms with Gasteiger partial charge in [0.05, 0.1) is 24.2 Å². The average molecular weight is 329 g/mol. The van der Waals surface area contributed by atoms with Gasteiger partial charge in [-0.25, -0.2) is 9.78 Å². The third-order valence-electron chi connectivity index (χ3n) is 5.55. The molecule has 1 N–H and O–H groups in total. The molecular weight excluding hydrogens is 306 g/mol. The fourth-order valence-corrected chi connectivity index (χ4v) is 3.99.